The van der Waals surface area contributed by atoms with E-state index in [4.69, 9.17) is 0 Å². The predicted octanol–water partition coefficient (Wildman–Crippen LogP) is 3.90. The molecule has 3 rings (SSSR count). The van der Waals surface area contributed by atoms with Gasteiger partial charge in [-0.2, -0.15) is 0 Å². The van der Waals surface area contributed by atoms with E-state index in [1.807, 2.05) is 6.08 Å². The number of allylic oxidation sites excluding steroid dienone is 3. The molecule has 0 aliphatic rings. The molecule has 0 nitrogen and oxygen atoms in total. The molecular weight excluding hydrogens is 395 g/mol. The van der Waals surface area contributed by atoms with Gasteiger partial charge >= 0.3 is 149 Å². The van der Waals surface area contributed by atoms with Gasteiger partial charge in [-0.05, 0) is 0 Å². The molecule has 0 atom stereocenters. The minimum absolute atomic E-state index is 1.10. The zero-order valence-corrected chi connectivity index (χ0v) is 16.7. The molecule has 118 valence electrons. The molecule has 0 aliphatic carbocycles. The molecule has 0 amide bonds. The van der Waals surface area contributed by atoms with Crippen LogP contribution in [0.15, 0.2) is 116 Å². The second-order valence-electron chi connectivity index (χ2n) is 5.87. The van der Waals surface area contributed by atoms with E-state index in [1.165, 1.54) is 10.7 Å². The first kappa shape index (κ1) is 16.8. The van der Waals surface area contributed by atoms with Crippen LogP contribution in [0.4, 0.5) is 0 Å². The Balaban J connectivity index is 2.28. The normalized spacial score (nSPS) is 11.5. The summed E-state index contributed by atoms with van der Waals surface area (Å²) in [7, 11) is 0. The predicted molar refractivity (Wildman–Crippen MR) is 108 cm³/mol. The fraction of sp³-hybridized carbons (Fsp3) is 0.0435. The standard InChI is InChI=1S/3C6H5.C5H7.Sn/c3*1-2-4-6-5-3-1;1-3-5-4-2;/h3*1-5H;3-5H,1-2H2;/b;;;5-3+;. The minimum atomic E-state index is -3.06. The molecule has 0 N–H and O–H groups in total. The number of hydrogen-bond acceptors (Lipinski definition) is 0. The number of rotatable bonds is 6. The van der Waals surface area contributed by atoms with Crippen LogP contribution in [0, 0.1) is 0 Å². The van der Waals surface area contributed by atoms with Gasteiger partial charge in [-0.25, -0.2) is 0 Å². The van der Waals surface area contributed by atoms with Crippen LogP contribution in [0.5, 0.6) is 0 Å². The molecule has 0 fully saturated rings. The molecule has 0 radical (unpaired) electrons. The molecular formula is C23H22Sn. The summed E-state index contributed by atoms with van der Waals surface area (Å²) in [5.74, 6) is 0. The summed E-state index contributed by atoms with van der Waals surface area (Å²) in [6.07, 6.45) is 6.26. The zero-order valence-electron chi connectivity index (χ0n) is 13.8. The van der Waals surface area contributed by atoms with E-state index >= 15 is 0 Å². The second-order valence-corrected chi connectivity index (χ2v) is 17.1. The van der Waals surface area contributed by atoms with E-state index in [9.17, 15) is 0 Å². The maximum absolute atomic E-state index is 3.84. The monoisotopic (exact) mass is 418 g/mol. The van der Waals surface area contributed by atoms with Gasteiger partial charge in [0.2, 0.25) is 0 Å². The van der Waals surface area contributed by atoms with Crippen LogP contribution in [0.1, 0.15) is 0 Å². The van der Waals surface area contributed by atoms with Gasteiger partial charge in [0.05, 0.1) is 0 Å². The first-order valence-corrected chi connectivity index (χ1v) is 14.6. The fourth-order valence-corrected chi connectivity index (χ4v) is 16.2. The van der Waals surface area contributed by atoms with E-state index in [1.54, 1.807) is 0 Å². The fourth-order valence-electron chi connectivity index (χ4n) is 3.36. The summed E-state index contributed by atoms with van der Waals surface area (Å²) in [6, 6.07) is 33.2. The van der Waals surface area contributed by atoms with E-state index in [-0.39, 0.29) is 0 Å². The van der Waals surface area contributed by atoms with Crippen LogP contribution in [-0.4, -0.2) is 18.4 Å². The van der Waals surface area contributed by atoms with Gasteiger partial charge in [0.25, 0.3) is 0 Å². The Labute approximate surface area is 149 Å². The van der Waals surface area contributed by atoms with E-state index < -0.39 is 18.4 Å². The Morgan fingerprint density at radius 3 is 1.33 bits per heavy atom. The van der Waals surface area contributed by atoms with Gasteiger partial charge in [0.15, 0.2) is 0 Å². The first-order chi connectivity index (χ1) is 11.9. The molecule has 3 aromatic rings. The molecule has 0 spiro atoms. The van der Waals surface area contributed by atoms with Crippen LogP contribution in [0.3, 0.4) is 0 Å². The van der Waals surface area contributed by atoms with Crippen molar-refractivity contribution in [2.45, 2.75) is 4.44 Å². The SMILES string of the molecule is C=C/C=C/[CH2][Sn]([c]1ccccc1)([c]1ccccc1)[c]1ccccc1. The molecule has 1 heteroatoms. The summed E-state index contributed by atoms with van der Waals surface area (Å²) >= 11 is -3.06. The average molecular weight is 417 g/mol. The molecule has 0 heterocycles. The molecule has 0 saturated carbocycles. The van der Waals surface area contributed by atoms with Crippen molar-refractivity contribution in [1.29, 1.82) is 0 Å². The molecule has 3 aromatic carbocycles. The average Bonchev–Trinajstić information content (AvgIpc) is 2.68. The number of hydrogen-bond donors (Lipinski definition) is 0. The quantitative estimate of drug-likeness (QED) is 0.422. The van der Waals surface area contributed by atoms with Gasteiger partial charge in [-0.3, -0.25) is 0 Å². The molecule has 0 aromatic heterocycles. The number of benzene rings is 3. The van der Waals surface area contributed by atoms with Crippen LogP contribution >= 0.6 is 0 Å². The van der Waals surface area contributed by atoms with E-state index in [2.05, 4.69) is 110 Å². The Bertz CT molecular complexity index is 693. The van der Waals surface area contributed by atoms with Crippen LogP contribution < -0.4 is 10.7 Å². The van der Waals surface area contributed by atoms with Gasteiger partial charge in [0, 0.05) is 0 Å². The van der Waals surface area contributed by atoms with Gasteiger partial charge < -0.3 is 0 Å². The van der Waals surface area contributed by atoms with E-state index in [0.717, 1.165) is 4.44 Å². The first-order valence-electron chi connectivity index (χ1n) is 8.32. The third-order valence-electron chi connectivity index (χ3n) is 4.50. The molecule has 0 unspecified atom stereocenters. The van der Waals surface area contributed by atoms with Crippen molar-refractivity contribution in [3.63, 3.8) is 0 Å². The van der Waals surface area contributed by atoms with Crippen molar-refractivity contribution in [1.82, 2.24) is 0 Å². The third kappa shape index (κ3) is 3.39. The molecule has 0 saturated heterocycles. The van der Waals surface area contributed by atoms with E-state index in [0.29, 0.717) is 0 Å². The zero-order chi connectivity index (χ0) is 16.7. The topological polar surface area (TPSA) is 0 Å². The summed E-state index contributed by atoms with van der Waals surface area (Å²) < 4.78 is 5.63. The van der Waals surface area contributed by atoms with Crippen molar-refractivity contribution >= 4 is 29.1 Å². The Kier molecular flexibility index (Phi) is 5.71. The Morgan fingerprint density at radius 2 is 1.00 bits per heavy atom. The van der Waals surface area contributed by atoms with Crippen LogP contribution in [0.25, 0.3) is 0 Å². The van der Waals surface area contributed by atoms with Crippen molar-refractivity contribution in [3.05, 3.63) is 116 Å². The van der Waals surface area contributed by atoms with Gasteiger partial charge in [-0.1, -0.05) is 0 Å². The summed E-state index contributed by atoms with van der Waals surface area (Å²) in [5.41, 5.74) is 0. The maximum atomic E-state index is 3.84. The van der Waals surface area contributed by atoms with Crippen molar-refractivity contribution in [2.75, 3.05) is 0 Å². The summed E-state index contributed by atoms with van der Waals surface area (Å²) in [5, 5.41) is 0. The van der Waals surface area contributed by atoms with Crippen LogP contribution in [0.2, 0.25) is 4.44 Å². The molecule has 0 aliphatic heterocycles. The second kappa shape index (κ2) is 8.16. The van der Waals surface area contributed by atoms with Crippen molar-refractivity contribution in [3.8, 4) is 0 Å². The van der Waals surface area contributed by atoms with Crippen molar-refractivity contribution in [2.24, 2.45) is 0 Å². The Morgan fingerprint density at radius 1 is 0.625 bits per heavy atom. The van der Waals surface area contributed by atoms with Crippen molar-refractivity contribution < 1.29 is 0 Å². The van der Waals surface area contributed by atoms with Crippen LogP contribution in [-0.2, 0) is 0 Å². The molecule has 24 heavy (non-hydrogen) atoms. The Hall–Kier alpha value is -2.06. The van der Waals surface area contributed by atoms with Gasteiger partial charge in [-0.15, -0.1) is 0 Å². The van der Waals surface area contributed by atoms with Gasteiger partial charge in [0.1, 0.15) is 0 Å². The third-order valence-corrected chi connectivity index (χ3v) is 18.2. The molecule has 0 bridgehead atoms. The summed E-state index contributed by atoms with van der Waals surface area (Å²) in [6.45, 7) is 3.84. The summed E-state index contributed by atoms with van der Waals surface area (Å²) in [4.78, 5) is 0.